The lowest BCUT2D eigenvalue weighted by Crippen LogP contribution is -2.10. The monoisotopic (exact) mass is 319 g/mol. The van der Waals surface area contributed by atoms with Crippen molar-refractivity contribution in [2.75, 3.05) is 0 Å². The van der Waals surface area contributed by atoms with Gasteiger partial charge in [0.2, 0.25) is 0 Å². The molecule has 0 saturated carbocycles. The highest BCUT2D eigenvalue weighted by atomic mass is 32.1. The predicted octanol–water partition coefficient (Wildman–Crippen LogP) is 3.48. The van der Waals surface area contributed by atoms with E-state index >= 15 is 0 Å². The second kappa shape index (κ2) is 5.34. The fourth-order valence-electron chi connectivity index (χ4n) is 1.92. The highest BCUT2D eigenvalue weighted by Gasteiger charge is 2.21. The molecule has 106 valence electrons. The number of hydrogen-bond donors (Lipinski definition) is 1. The van der Waals surface area contributed by atoms with E-state index in [1.807, 2.05) is 6.92 Å². The molecule has 0 radical (unpaired) electrons. The zero-order valence-corrected chi connectivity index (χ0v) is 12.6. The van der Waals surface area contributed by atoms with E-state index in [2.05, 4.69) is 9.97 Å². The Balaban J connectivity index is 2.21. The van der Waals surface area contributed by atoms with Gasteiger partial charge in [0.25, 0.3) is 5.91 Å². The number of thiazole rings is 2. The van der Waals surface area contributed by atoms with Gasteiger partial charge >= 0.3 is 0 Å². The largest absolute Gasteiger partial charge is 0.365 e. The fourth-order valence-corrected chi connectivity index (χ4v) is 3.73. The lowest BCUT2D eigenvalue weighted by molar-refractivity contribution is 0.100. The highest BCUT2D eigenvalue weighted by Crippen LogP contribution is 2.37. The number of carbonyl (C=O) groups is 1. The van der Waals surface area contributed by atoms with Crippen LogP contribution in [0.5, 0.6) is 0 Å². The molecular weight excluding hydrogens is 309 g/mol. The highest BCUT2D eigenvalue weighted by molar-refractivity contribution is 7.18. The minimum absolute atomic E-state index is 0.320. The minimum atomic E-state index is -0.571. The summed E-state index contributed by atoms with van der Waals surface area (Å²) >= 11 is 2.47. The summed E-state index contributed by atoms with van der Waals surface area (Å²) in [5.74, 6) is -0.951. The van der Waals surface area contributed by atoms with Crippen LogP contribution in [0.2, 0.25) is 0 Å². The lowest BCUT2D eigenvalue weighted by Gasteiger charge is -1.97. The smallest absolute Gasteiger partial charge is 0.261 e. The van der Waals surface area contributed by atoms with Gasteiger partial charge in [-0.15, -0.1) is 22.7 Å². The van der Waals surface area contributed by atoms with Crippen molar-refractivity contribution in [3.63, 3.8) is 0 Å². The van der Waals surface area contributed by atoms with Crippen LogP contribution in [0, 0.1) is 12.7 Å². The Morgan fingerprint density at radius 1 is 1.33 bits per heavy atom. The maximum absolute atomic E-state index is 13.9. The van der Waals surface area contributed by atoms with Crippen molar-refractivity contribution < 1.29 is 9.18 Å². The van der Waals surface area contributed by atoms with E-state index in [0.29, 0.717) is 21.1 Å². The number of nitrogens with two attached hydrogens (primary N) is 1. The Kier molecular flexibility index (Phi) is 3.52. The molecule has 2 N–H and O–H groups in total. The molecule has 0 fully saturated rings. The number of aryl methyl sites for hydroxylation is 1. The number of carbonyl (C=O) groups excluding carboxylic acids is 1. The molecule has 2 heterocycles. The molecule has 1 amide bonds. The van der Waals surface area contributed by atoms with Crippen LogP contribution in [0.4, 0.5) is 4.39 Å². The van der Waals surface area contributed by atoms with E-state index in [4.69, 9.17) is 5.73 Å². The van der Waals surface area contributed by atoms with Gasteiger partial charge in [-0.3, -0.25) is 4.79 Å². The molecule has 3 aromatic rings. The van der Waals surface area contributed by atoms with E-state index in [1.54, 1.807) is 23.7 Å². The fraction of sp³-hybridized carbons (Fsp3) is 0.0714. The van der Waals surface area contributed by atoms with Crippen LogP contribution in [0.25, 0.3) is 21.1 Å². The van der Waals surface area contributed by atoms with Crippen molar-refractivity contribution >= 4 is 28.6 Å². The summed E-state index contributed by atoms with van der Waals surface area (Å²) in [6, 6.07) is 6.32. The number of primary amides is 1. The van der Waals surface area contributed by atoms with Gasteiger partial charge in [-0.2, -0.15) is 0 Å². The molecule has 0 saturated heterocycles. The third-order valence-electron chi connectivity index (χ3n) is 2.92. The van der Waals surface area contributed by atoms with Crippen LogP contribution in [-0.2, 0) is 0 Å². The van der Waals surface area contributed by atoms with Crippen LogP contribution in [-0.4, -0.2) is 15.9 Å². The summed E-state index contributed by atoms with van der Waals surface area (Å²) in [4.78, 5) is 21.3. The van der Waals surface area contributed by atoms with Crippen LogP contribution in [0.15, 0.2) is 29.8 Å². The Morgan fingerprint density at radius 3 is 2.71 bits per heavy atom. The Bertz CT molecular complexity index is 825. The number of amides is 1. The number of hydrogen-bond acceptors (Lipinski definition) is 5. The topological polar surface area (TPSA) is 68.9 Å². The molecule has 2 aromatic heterocycles. The van der Waals surface area contributed by atoms with Crippen molar-refractivity contribution in [1.82, 2.24) is 9.97 Å². The second-order valence-corrected chi connectivity index (χ2v) is 6.16. The van der Waals surface area contributed by atoms with Crippen LogP contribution in [0.3, 0.4) is 0 Å². The molecule has 7 heteroatoms. The average molecular weight is 319 g/mol. The molecule has 0 aliphatic rings. The average Bonchev–Trinajstić information content (AvgIpc) is 3.05. The molecule has 4 nitrogen and oxygen atoms in total. The van der Waals surface area contributed by atoms with Gasteiger partial charge in [0.05, 0.1) is 16.1 Å². The van der Waals surface area contributed by atoms with E-state index in [9.17, 15) is 9.18 Å². The van der Waals surface area contributed by atoms with E-state index in [0.717, 1.165) is 21.9 Å². The summed E-state index contributed by atoms with van der Waals surface area (Å²) in [5.41, 5.74) is 8.71. The summed E-state index contributed by atoms with van der Waals surface area (Å²) in [7, 11) is 0. The number of benzene rings is 1. The Morgan fingerprint density at radius 2 is 2.10 bits per heavy atom. The van der Waals surface area contributed by atoms with Crippen LogP contribution < -0.4 is 5.73 Å². The molecule has 0 aliphatic carbocycles. The van der Waals surface area contributed by atoms with Gasteiger partial charge in [0, 0.05) is 5.56 Å². The first-order chi connectivity index (χ1) is 10.1. The van der Waals surface area contributed by atoms with Crippen molar-refractivity contribution in [1.29, 1.82) is 0 Å². The van der Waals surface area contributed by atoms with Crippen molar-refractivity contribution in [2.45, 2.75) is 6.92 Å². The first kappa shape index (κ1) is 13.8. The molecule has 3 rings (SSSR count). The molecule has 0 atom stereocenters. The molecule has 0 bridgehead atoms. The van der Waals surface area contributed by atoms with Crippen LogP contribution in [0.1, 0.15) is 15.4 Å². The second-order valence-electron chi connectivity index (χ2n) is 4.31. The molecule has 0 unspecified atom stereocenters. The third-order valence-corrected chi connectivity index (χ3v) is 4.95. The Labute approximate surface area is 128 Å². The first-order valence-corrected chi connectivity index (χ1v) is 7.73. The van der Waals surface area contributed by atoms with Gasteiger partial charge in [0.15, 0.2) is 0 Å². The van der Waals surface area contributed by atoms with E-state index < -0.39 is 5.91 Å². The standard InChI is InChI=1S/C14H10FN3OS2/c1-7-11(20-6-17-7)10-12(13(16)19)21-14(18-10)8-4-2-3-5-9(8)15/h2-6H,1H3,(H2,16,19). The maximum Gasteiger partial charge on any atom is 0.261 e. The van der Waals surface area contributed by atoms with Gasteiger partial charge in [-0.05, 0) is 19.1 Å². The molecule has 21 heavy (non-hydrogen) atoms. The number of halogens is 1. The van der Waals surface area contributed by atoms with Gasteiger partial charge in [0.1, 0.15) is 21.4 Å². The third kappa shape index (κ3) is 2.45. The molecule has 1 aromatic carbocycles. The van der Waals surface area contributed by atoms with Crippen molar-refractivity contribution in [2.24, 2.45) is 5.73 Å². The van der Waals surface area contributed by atoms with E-state index in [1.165, 1.54) is 17.4 Å². The number of rotatable bonds is 3. The van der Waals surface area contributed by atoms with Crippen molar-refractivity contribution in [3.05, 3.63) is 46.2 Å². The van der Waals surface area contributed by atoms with Crippen LogP contribution >= 0.6 is 22.7 Å². The summed E-state index contributed by atoms with van der Waals surface area (Å²) in [6.07, 6.45) is 0. The lowest BCUT2D eigenvalue weighted by atomic mass is 10.2. The number of aromatic nitrogens is 2. The van der Waals surface area contributed by atoms with Gasteiger partial charge in [-0.1, -0.05) is 12.1 Å². The molecule has 0 spiro atoms. The van der Waals surface area contributed by atoms with Gasteiger partial charge in [-0.25, -0.2) is 14.4 Å². The summed E-state index contributed by atoms with van der Waals surface area (Å²) in [6.45, 7) is 1.83. The zero-order chi connectivity index (χ0) is 15.0. The maximum atomic E-state index is 13.9. The molecule has 0 aliphatic heterocycles. The summed E-state index contributed by atoms with van der Waals surface area (Å²) < 4.78 is 13.9. The minimum Gasteiger partial charge on any atom is -0.365 e. The summed E-state index contributed by atoms with van der Waals surface area (Å²) in [5, 5.41) is 0.435. The van der Waals surface area contributed by atoms with Gasteiger partial charge < -0.3 is 5.73 Å². The van der Waals surface area contributed by atoms with E-state index in [-0.39, 0.29) is 5.82 Å². The Hall–Kier alpha value is -2.12. The normalized spacial score (nSPS) is 10.8. The first-order valence-electron chi connectivity index (χ1n) is 6.04. The zero-order valence-electron chi connectivity index (χ0n) is 11.0. The SMILES string of the molecule is Cc1ncsc1-c1nc(-c2ccccc2F)sc1C(N)=O. The predicted molar refractivity (Wildman–Crippen MR) is 81.9 cm³/mol. The molecular formula is C14H10FN3OS2. The number of nitrogens with zero attached hydrogens (tertiary/aromatic N) is 2. The van der Waals surface area contributed by atoms with Crippen molar-refractivity contribution in [3.8, 4) is 21.1 Å². The quantitative estimate of drug-likeness (QED) is 0.803.